The number of rotatable bonds is 9. The molecule has 0 radical (unpaired) electrons. The van der Waals surface area contributed by atoms with Crippen LogP contribution in [0.25, 0.3) is 31.5 Å². The summed E-state index contributed by atoms with van der Waals surface area (Å²) < 4.78 is 64.7. The van der Waals surface area contributed by atoms with Crippen molar-refractivity contribution in [2.24, 2.45) is 0 Å². The first-order chi connectivity index (χ1) is 23.8. The Morgan fingerprint density at radius 3 is 1.78 bits per heavy atom. The van der Waals surface area contributed by atoms with Crippen LogP contribution < -0.4 is 8.37 Å². The van der Waals surface area contributed by atoms with Crippen LogP contribution >= 0.6 is 0 Å². The Kier molecular flexibility index (Phi) is 8.53. The van der Waals surface area contributed by atoms with E-state index in [4.69, 9.17) is 13.8 Å². The molecule has 250 valence electrons. The fourth-order valence-electron chi connectivity index (χ4n) is 6.00. The van der Waals surface area contributed by atoms with Gasteiger partial charge in [-0.2, -0.15) is 16.8 Å². The van der Waals surface area contributed by atoms with E-state index in [2.05, 4.69) is 9.95 Å². The van der Waals surface area contributed by atoms with Crippen LogP contribution in [0.3, 0.4) is 0 Å². The van der Waals surface area contributed by atoms with Gasteiger partial charge in [0.25, 0.3) is 0 Å². The number of benzene rings is 6. The molecule has 0 saturated carbocycles. The van der Waals surface area contributed by atoms with Crippen molar-refractivity contribution in [1.82, 2.24) is 0 Å². The summed E-state index contributed by atoms with van der Waals surface area (Å²) in [6.45, 7) is 3.77. The van der Waals surface area contributed by atoms with Gasteiger partial charge in [-0.25, -0.2) is 0 Å². The van der Waals surface area contributed by atoms with E-state index in [1.54, 1.807) is 36.4 Å². The Balaban J connectivity index is 1.40. The second-order valence-corrected chi connectivity index (χ2v) is 14.6. The zero-order valence-electron chi connectivity index (χ0n) is 26.5. The van der Waals surface area contributed by atoms with Gasteiger partial charge in [-0.1, -0.05) is 62.4 Å². The summed E-state index contributed by atoms with van der Waals surface area (Å²) in [7, 11) is -8.79. The van der Waals surface area contributed by atoms with Crippen molar-refractivity contribution >= 4 is 53.2 Å². The summed E-state index contributed by atoms with van der Waals surface area (Å²) in [5, 5.41) is 41.0. The Morgan fingerprint density at radius 2 is 1.18 bits per heavy atom. The summed E-state index contributed by atoms with van der Waals surface area (Å²) in [5.41, 5.74) is -0.0199. The molecule has 50 heavy (non-hydrogen) atoms. The molecule has 6 aromatic carbocycles. The van der Waals surface area contributed by atoms with Crippen LogP contribution in [0.1, 0.15) is 31.4 Å². The Hall–Kier alpha value is -6.22. The minimum Gasteiger partial charge on any atom is -0.501 e. The van der Waals surface area contributed by atoms with Crippen LogP contribution in [0.2, 0.25) is 0 Å². The maximum Gasteiger partial charge on any atom is 0.426 e. The summed E-state index contributed by atoms with van der Waals surface area (Å²) in [4.78, 5) is 5.75. The number of hydrogen-bond donors (Lipinski definition) is 2. The lowest BCUT2D eigenvalue weighted by molar-refractivity contribution is 0.479. The molecule has 0 fully saturated rings. The molecular formula is C36H28N4O8S2+2. The molecule has 1 atom stereocenters. The Morgan fingerprint density at radius 1 is 0.620 bits per heavy atom. The second kappa shape index (κ2) is 12.7. The standard InChI is InChI=1S/C36H26N4O8S2/c1-3-36(2,22-12-14-24(15-13-22)48-49(43,44)31-11-7-10-26-25(31)16-19-29(39-37)34(26)41)28-18-21-32(27-17-20-30(40-38)35(42)33(27)28)50(45,46)47-23-8-5-4-6-9-23/h4-21H,3H2,1-2H3/p+2. The number of para-hydroxylation sites is 1. The van der Waals surface area contributed by atoms with E-state index in [1.165, 1.54) is 72.8 Å². The third-order valence-corrected chi connectivity index (χ3v) is 11.4. The zero-order chi connectivity index (χ0) is 35.8. The van der Waals surface area contributed by atoms with Gasteiger partial charge in [-0.05, 0) is 66.1 Å². The van der Waals surface area contributed by atoms with Gasteiger partial charge in [0.1, 0.15) is 21.3 Å². The van der Waals surface area contributed by atoms with E-state index in [0.717, 1.165) is 0 Å². The van der Waals surface area contributed by atoms with Crippen molar-refractivity contribution in [3.8, 4) is 23.0 Å². The van der Waals surface area contributed by atoms with E-state index < -0.39 is 37.2 Å². The smallest absolute Gasteiger partial charge is 0.426 e. The highest BCUT2D eigenvalue weighted by molar-refractivity contribution is 7.87. The van der Waals surface area contributed by atoms with E-state index in [9.17, 15) is 32.4 Å². The fourth-order valence-corrected chi connectivity index (χ4v) is 8.27. The highest BCUT2D eigenvalue weighted by Gasteiger charge is 2.35. The first-order valence-electron chi connectivity index (χ1n) is 15.1. The van der Waals surface area contributed by atoms with Crippen molar-refractivity contribution in [1.29, 1.82) is 10.8 Å². The van der Waals surface area contributed by atoms with Crippen molar-refractivity contribution in [2.45, 2.75) is 35.5 Å². The molecule has 12 nitrogen and oxygen atoms in total. The Labute approximate surface area is 287 Å². The lowest BCUT2D eigenvalue weighted by Crippen LogP contribution is -2.23. The summed E-state index contributed by atoms with van der Waals surface area (Å²) >= 11 is 0. The summed E-state index contributed by atoms with van der Waals surface area (Å²) in [5.74, 6) is -0.741. The third-order valence-electron chi connectivity index (χ3n) is 8.77. The van der Waals surface area contributed by atoms with Crippen molar-refractivity contribution in [3.05, 3.63) is 130 Å². The average molecular weight is 709 g/mol. The molecule has 0 aliphatic carbocycles. The van der Waals surface area contributed by atoms with Crippen LogP contribution in [0.15, 0.2) is 119 Å². The molecule has 6 aromatic rings. The number of diazo groups is 2. The normalized spacial score (nSPS) is 12.9. The van der Waals surface area contributed by atoms with E-state index >= 15 is 0 Å². The molecule has 14 heteroatoms. The third kappa shape index (κ3) is 5.77. The fraction of sp³-hybridized carbons (Fsp3) is 0.111. The van der Waals surface area contributed by atoms with Crippen molar-refractivity contribution in [3.63, 3.8) is 0 Å². The first kappa shape index (κ1) is 33.7. The number of nitrogens with zero attached hydrogens (tertiary/aromatic N) is 4. The number of phenols is 2. The van der Waals surface area contributed by atoms with E-state index in [-0.39, 0.29) is 54.2 Å². The maximum atomic E-state index is 13.5. The molecule has 0 aromatic heterocycles. The second-order valence-electron chi connectivity index (χ2n) is 11.5. The maximum absolute atomic E-state index is 13.5. The summed E-state index contributed by atoms with van der Waals surface area (Å²) in [6.07, 6.45) is 0.439. The van der Waals surface area contributed by atoms with Crippen LogP contribution in [-0.2, 0) is 25.7 Å². The molecule has 0 saturated heterocycles. The van der Waals surface area contributed by atoms with Crippen LogP contribution in [0.5, 0.6) is 23.0 Å². The lowest BCUT2D eigenvalue weighted by atomic mass is 9.72. The average Bonchev–Trinajstić information content (AvgIpc) is 3.11. The molecule has 0 heterocycles. The molecule has 0 aliphatic rings. The monoisotopic (exact) mass is 708 g/mol. The minimum absolute atomic E-state index is 0.0102. The number of phenolic OH excluding ortho intramolecular Hbond substituents is 2. The van der Waals surface area contributed by atoms with Gasteiger partial charge in [-0.3, -0.25) is 0 Å². The van der Waals surface area contributed by atoms with Crippen LogP contribution in [-0.4, -0.2) is 27.0 Å². The van der Waals surface area contributed by atoms with Gasteiger partial charge in [-0.15, -0.1) is 0 Å². The predicted molar refractivity (Wildman–Crippen MR) is 186 cm³/mol. The van der Waals surface area contributed by atoms with Crippen LogP contribution in [0.4, 0.5) is 11.4 Å². The van der Waals surface area contributed by atoms with Crippen molar-refractivity contribution in [2.75, 3.05) is 0 Å². The van der Waals surface area contributed by atoms with E-state index in [0.29, 0.717) is 17.5 Å². The molecule has 0 bridgehead atoms. The molecular weight excluding hydrogens is 681 g/mol. The van der Waals surface area contributed by atoms with Gasteiger partial charge in [0.2, 0.25) is 22.3 Å². The summed E-state index contributed by atoms with van der Waals surface area (Å²) in [6, 6.07) is 26.8. The van der Waals surface area contributed by atoms with Gasteiger partial charge < -0.3 is 18.6 Å². The van der Waals surface area contributed by atoms with Gasteiger partial charge in [0, 0.05) is 39.1 Å². The van der Waals surface area contributed by atoms with E-state index in [1.807, 2.05) is 13.8 Å². The molecule has 1 unspecified atom stereocenters. The molecule has 0 aliphatic heterocycles. The molecule has 2 N–H and O–H groups in total. The van der Waals surface area contributed by atoms with Gasteiger partial charge in [0.15, 0.2) is 9.95 Å². The molecule has 6 rings (SSSR count). The molecule has 0 spiro atoms. The topological polar surface area (TPSA) is 183 Å². The number of hydrogen-bond acceptors (Lipinski definition) is 10. The van der Waals surface area contributed by atoms with Gasteiger partial charge >= 0.3 is 31.6 Å². The lowest BCUT2D eigenvalue weighted by Gasteiger charge is -2.31. The highest BCUT2D eigenvalue weighted by Crippen LogP contribution is 2.47. The first-order valence-corrected chi connectivity index (χ1v) is 17.9. The largest absolute Gasteiger partial charge is 0.501 e. The highest BCUT2D eigenvalue weighted by atomic mass is 32.2. The zero-order valence-corrected chi connectivity index (χ0v) is 28.2. The predicted octanol–water partition coefficient (Wildman–Crippen LogP) is 8.62. The quantitative estimate of drug-likeness (QED) is 0.109. The minimum atomic E-state index is -4.41. The number of fused-ring (bicyclic) bond motifs is 2. The number of aromatic hydroxyl groups is 2. The Bertz CT molecular complexity index is 2620. The SMILES string of the molecule is CCC(C)(c1ccc(OS(=O)(=O)c2cccc3c(O)c([N+]#N)ccc23)cc1)c1ccc(S(=O)(=O)Oc2ccccc2)c2ccc([N+]#N)c(O)c12. The molecule has 0 amide bonds. The van der Waals surface area contributed by atoms with Crippen LogP contribution in [0, 0.1) is 10.8 Å². The van der Waals surface area contributed by atoms with Gasteiger partial charge in [0.05, 0.1) is 0 Å². The van der Waals surface area contributed by atoms with Crippen molar-refractivity contribution < 1.29 is 35.4 Å².